The molecule has 1 fully saturated rings. The number of halogens is 2. The maximum absolute atomic E-state index is 14.1. The van der Waals surface area contributed by atoms with E-state index in [4.69, 9.17) is 23.2 Å². The number of fused-ring (bicyclic) bond motifs is 1. The van der Waals surface area contributed by atoms with Crippen molar-refractivity contribution in [3.63, 3.8) is 0 Å². The third-order valence-corrected chi connectivity index (χ3v) is 8.36. The second-order valence-electron chi connectivity index (χ2n) is 10.2. The molecule has 39 heavy (non-hydrogen) atoms. The molecule has 0 aliphatic carbocycles. The number of amides is 3. The Morgan fingerprint density at radius 3 is 2.31 bits per heavy atom. The van der Waals surface area contributed by atoms with Gasteiger partial charge >= 0.3 is 0 Å². The number of carbonyl (C=O) groups excluding carboxylic acids is 3. The quantitative estimate of drug-likeness (QED) is 0.421. The molecule has 3 aromatic carbocycles. The van der Waals surface area contributed by atoms with Crippen molar-refractivity contribution in [2.24, 2.45) is 0 Å². The van der Waals surface area contributed by atoms with Crippen LogP contribution in [0.25, 0.3) is 0 Å². The monoisotopic (exact) mass is 563 g/mol. The van der Waals surface area contributed by atoms with Crippen molar-refractivity contribution < 1.29 is 14.4 Å². The summed E-state index contributed by atoms with van der Waals surface area (Å²) >= 11 is 13.0. The van der Waals surface area contributed by atoms with Crippen LogP contribution in [0.15, 0.2) is 72.8 Å². The van der Waals surface area contributed by atoms with Gasteiger partial charge in [-0.25, -0.2) is 0 Å². The van der Waals surface area contributed by atoms with E-state index in [0.29, 0.717) is 65.6 Å². The first kappa shape index (κ1) is 27.2. The molecule has 0 aromatic heterocycles. The SMILES string of the molecule is CC(=O)N1CCC(N2C(=O)c3ccccc3[C@@H](C(=O)NCCc3ccccc3)[C@@H]2c2ccc(Cl)cc2Cl)CC1. The lowest BCUT2D eigenvalue weighted by Crippen LogP contribution is -2.54. The van der Waals surface area contributed by atoms with E-state index in [0.717, 1.165) is 5.56 Å². The summed E-state index contributed by atoms with van der Waals surface area (Å²) < 4.78 is 0. The fraction of sp³-hybridized carbons (Fsp3) is 0.323. The maximum Gasteiger partial charge on any atom is 0.254 e. The zero-order valence-electron chi connectivity index (χ0n) is 21.8. The van der Waals surface area contributed by atoms with Crippen LogP contribution in [0.2, 0.25) is 10.0 Å². The highest BCUT2D eigenvalue weighted by molar-refractivity contribution is 6.35. The summed E-state index contributed by atoms with van der Waals surface area (Å²) in [4.78, 5) is 43.7. The van der Waals surface area contributed by atoms with E-state index < -0.39 is 12.0 Å². The van der Waals surface area contributed by atoms with Crippen LogP contribution in [0.3, 0.4) is 0 Å². The van der Waals surface area contributed by atoms with Gasteiger partial charge in [0.15, 0.2) is 0 Å². The second kappa shape index (κ2) is 11.8. The van der Waals surface area contributed by atoms with Crippen LogP contribution in [-0.4, -0.2) is 53.2 Å². The molecule has 8 heteroatoms. The van der Waals surface area contributed by atoms with Crippen molar-refractivity contribution in [3.05, 3.63) is 105 Å². The third kappa shape index (κ3) is 5.68. The number of hydrogen-bond donors (Lipinski definition) is 1. The molecule has 2 atom stereocenters. The van der Waals surface area contributed by atoms with Crippen LogP contribution in [0.1, 0.15) is 58.8 Å². The molecule has 3 amide bonds. The number of rotatable bonds is 6. The minimum Gasteiger partial charge on any atom is -0.355 e. The highest BCUT2D eigenvalue weighted by Gasteiger charge is 2.47. The Kier molecular flexibility index (Phi) is 8.24. The molecular formula is C31H31Cl2N3O3. The Morgan fingerprint density at radius 2 is 1.62 bits per heavy atom. The van der Waals surface area contributed by atoms with E-state index in [9.17, 15) is 14.4 Å². The number of piperidine rings is 1. The topological polar surface area (TPSA) is 69.7 Å². The van der Waals surface area contributed by atoms with Crippen LogP contribution in [0, 0.1) is 0 Å². The lowest BCUT2D eigenvalue weighted by atomic mass is 9.77. The van der Waals surface area contributed by atoms with Crippen LogP contribution in [0.5, 0.6) is 0 Å². The lowest BCUT2D eigenvalue weighted by molar-refractivity contribution is -0.130. The molecule has 0 saturated carbocycles. The molecule has 1 N–H and O–H groups in total. The van der Waals surface area contributed by atoms with E-state index in [1.54, 1.807) is 30.0 Å². The van der Waals surface area contributed by atoms with Crippen LogP contribution in [-0.2, 0) is 16.0 Å². The van der Waals surface area contributed by atoms with Gasteiger partial charge in [-0.1, -0.05) is 77.8 Å². The molecule has 3 aromatic rings. The fourth-order valence-electron chi connectivity index (χ4n) is 5.85. The van der Waals surface area contributed by atoms with E-state index in [1.165, 1.54) is 0 Å². The number of hydrogen-bond acceptors (Lipinski definition) is 3. The van der Waals surface area contributed by atoms with E-state index >= 15 is 0 Å². The number of likely N-dealkylation sites (tertiary alicyclic amines) is 1. The van der Waals surface area contributed by atoms with Crippen molar-refractivity contribution in [1.82, 2.24) is 15.1 Å². The molecule has 0 radical (unpaired) electrons. The van der Waals surface area contributed by atoms with Crippen LogP contribution < -0.4 is 5.32 Å². The summed E-state index contributed by atoms with van der Waals surface area (Å²) in [5, 5.41) is 4.03. The van der Waals surface area contributed by atoms with Gasteiger partial charge in [0.1, 0.15) is 0 Å². The van der Waals surface area contributed by atoms with Crippen molar-refractivity contribution >= 4 is 40.9 Å². The first-order valence-corrected chi connectivity index (χ1v) is 14.0. The van der Waals surface area contributed by atoms with Crippen molar-refractivity contribution in [3.8, 4) is 0 Å². The standard InChI is InChI=1S/C31H31Cl2N3O3/c1-20(37)35-17-14-23(15-18-35)36-29(26-12-11-22(32)19-27(26)33)28(24-9-5-6-10-25(24)31(36)39)30(38)34-16-13-21-7-3-2-4-8-21/h2-12,19,23,28-29H,13-18H2,1H3,(H,34,38)/t28-,29+/m1/s1. The molecule has 5 rings (SSSR count). The molecule has 2 aliphatic heterocycles. The molecule has 0 bridgehead atoms. The van der Waals surface area contributed by atoms with Gasteiger partial charge in [0, 0.05) is 48.2 Å². The van der Waals surface area contributed by atoms with Gasteiger partial charge in [-0.05, 0) is 54.2 Å². The summed E-state index contributed by atoms with van der Waals surface area (Å²) in [5.74, 6) is -0.930. The van der Waals surface area contributed by atoms with Gasteiger partial charge in [0.25, 0.3) is 5.91 Å². The smallest absolute Gasteiger partial charge is 0.254 e. The molecule has 1 saturated heterocycles. The van der Waals surface area contributed by atoms with Gasteiger partial charge in [-0.3, -0.25) is 14.4 Å². The molecule has 0 spiro atoms. The normalized spacial score (nSPS) is 19.5. The average Bonchev–Trinajstić information content (AvgIpc) is 2.94. The zero-order chi connectivity index (χ0) is 27.5. The molecule has 0 unspecified atom stereocenters. The first-order chi connectivity index (χ1) is 18.8. The van der Waals surface area contributed by atoms with E-state index in [2.05, 4.69) is 5.32 Å². The highest BCUT2D eigenvalue weighted by atomic mass is 35.5. The van der Waals surface area contributed by atoms with Crippen molar-refractivity contribution in [1.29, 1.82) is 0 Å². The molecule has 202 valence electrons. The van der Waals surface area contributed by atoms with Gasteiger partial charge in [0.05, 0.1) is 12.0 Å². The Hall–Kier alpha value is -3.35. The number of nitrogens with one attached hydrogen (secondary N) is 1. The van der Waals surface area contributed by atoms with Gasteiger partial charge in [0.2, 0.25) is 11.8 Å². The molecule has 2 aliphatic rings. The number of benzene rings is 3. The Bertz CT molecular complexity index is 1370. The Labute approximate surface area is 238 Å². The zero-order valence-corrected chi connectivity index (χ0v) is 23.3. The molecule has 6 nitrogen and oxygen atoms in total. The maximum atomic E-state index is 14.1. The minimum absolute atomic E-state index is 0.0248. The minimum atomic E-state index is -0.667. The summed E-state index contributed by atoms with van der Waals surface area (Å²) in [5.41, 5.74) is 3.03. The molecular weight excluding hydrogens is 533 g/mol. The van der Waals surface area contributed by atoms with Gasteiger partial charge in [-0.15, -0.1) is 0 Å². The predicted molar refractivity (Wildman–Crippen MR) is 153 cm³/mol. The summed E-state index contributed by atoms with van der Waals surface area (Å²) in [6.07, 6.45) is 1.94. The van der Waals surface area contributed by atoms with Gasteiger partial charge < -0.3 is 15.1 Å². The predicted octanol–water partition coefficient (Wildman–Crippen LogP) is 5.64. The Balaban J connectivity index is 1.54. The van der Waals surface area contributed by atoms with Gasteiger partial charge in [-0.2, -0.15) is 0 Å². The summed E-state index contributed by atoms with van der Waals surface area (Å²) in [7, 11) is 0. The van der Waals surface area contributed by atoms with Crippen molar-refractivity contribution in [2.45, 2.75) is 44.2 Å². The summed E-state index contributed by atoms with van der Waals surface area (Å²) in [6.45, 7) is 3.14. The highest BCUT2D eigenvalue weighted by Crippen LogP contribution is 2.47. The van der Waals surface area contributed by atoms with Crippen LogP contribution in [0.4, 0.5) is 0 Å². The fourth-order valence-corrected chi connectivity index (χ4v) is 6.37. The number of nitrogens with zero attached hydrogens (tertiary/aromatic N) is 2. The summed E-state index contributed by atoms with van der Waals surface area (Å²) in [6, 6.07) is 21.8. The first-order valence-electron chi connectivity index (χ1n) is 13.3. The third-order valence-electron chi connectivity index (χ3n) is 7.80. The number of carbonyl (C=O) groups is 3. The average molecular weight is 565 g/mol. The Morgan fingerprint density at radius 1 is 0.923 bits per heavy atom. The second-order valence-corrected chi connectivity index (χ2v) is 11.0. The van der Waals surface area contributed by atoms with E-state index in [1.807, 2.05) is 59.5 Å². The lowest BCUT2D eigenvalue weighted by Gasteiger charge is -2.48. The largest absolute Gasteiger partial charge is 0.355 e. The van der Waals surface area contributed by atoms with E-state index in [-0.39, 0.29) is 23.8 Å². The molecule has 2 heterocycles. The van der Waals surface area contributed by atoms with Crippen LogP contribution >= 0.6 is 23.2 Å². The van der Waals surface area contributed by atoms with Crippen molar-refractivity contribution in [2.75, 3.05) is 19.6 Å².